The van der Waals surface area contributed by atoms with Gasteiger partial charge in [-0.05, 0) is 39.7 Å². The molecule has 2 atom stereocenters. The summed E-state index contributed by atoms with van der Waals surface area (Å²) in [6, 6.07) is -0.0203. The molecule has 0 radical (unpaired) electrons. The molecule has 2 unspecified atom stereocenters. The minimum atomic E-state index is -2.98. The first-order valence-electron chi connectivity index (χ1n) is 6.02. The second kappa shape index (κ2) is 5.82. The zero-order valence-corrected chi connectivity index (χ0v) is 11.3. The van der Waals surface area contributed by atoms with Crippen LogP contribution in [0.2, 0.25) is 0 Å². The minimum Gasteiger partial charge on any atom is -0.312 e. The number of allylic oxidation sites excluding steroid dienone is 1. The second-order valence-electron chi connectivity index (χ2n) is 4.68. The van der Waals surface area contributed by atoms with Gasteiger partial charge in [0.05, 0.1) is 5.25 Å². The maximum Gasteiger partial charge on any atom is 0.151 e. The molecule has 0 aliphatic heterocycles. The van der Waals surface area contributed by atoms with Crippen LogP contribution >= 0.6 is 0 Å². The standard InChI is InChI=1S/C12H23NO2S/c1-10(16(3,14)15)12(13-2)11-8-6-4-5-7-9-11/h8,10,12-13H,4-7,9H2,1-3H3. The smallest absolute Gasteiger partial charge is 0.151 e. The summed E-state index contributed by atoms with van der Waals surface area (Å²) in [5.74, 6) is 0. The molecular weight excluding hydrogens is 222 g/mol. The highest BCUT2D eigenvalue weighted by atomic mass is 32.2. The van der Waals surface area contributed by atoms with Gasteiger partial charge < -0.3 is 5.32 Å². The van der Waals surface area contributed by atoms with E-state index >= 15 is 0 Å². The van der Waals surface area contributed by atoms with E-state index < -0.39 is 9.84 Å². The van der Waals surface area contributed by atoms with Gasteiger partial charge in [0.15, 0.2) is 9.84 Å². The van der Waals surface area contributed by atoms with Gasteiger partial charge in [-0.3, -0.25) is 0 Å². The van der Waals surface area contributed by atoms with E-state index in [1.54, 1.807) is 6.92 Å². The predicted octanol–water partition coefficient (Wildman–Crippen LogP) is 1.90. The van der Waals surface area contributed by atoms with Crippen LogP contribution in [-0.4, -0.2) is 33.0 Å². The molecule has 1 rings (SSSR count). The molecule has 0 saturated carbocycles. The summed E-state index contributed by atoms with van der Waals surface area (Å²) in [5.41, 5.74) is 1.28. The molecule has 1 aliphatic carbocycles. The number of nitrogens with one attached hydrogen (secondary N) is 1. The molecule has 0 aromatic rings. The SMILES string of the molecule is CNC(C1=CCCCCC1)C(C)S(C)(=O)=O. The van der Waals surface area contributed by atoms with E-state index in [2.05, 4.69) is 11.4 Å². The number of likely N-dealkylation sites (N-methyl/N-ethyl adjacent to an activating group) is 1. The molecule has 0 bridgehead atoms. The Bertz CT molecular complexity index is 346. The van der Waals surface area contributed by atoms with Crippen LogP contribution in [0.4, 0.5) is 0 Å². The number of hydrogen-bond donors (Lipinski definition) is 1. The first-order chi connectivity index (χ1) is 7.46. The fourth-order valence-electron chi connectivity index (χ4n) is 2.29. The third-order valence-electron chi connectivity index (χ3n) is 3.43. The molecular formula is C12H23NO2S. The van der Waals surface area contributed by atoms with E-state index in [0.717, 1.165) is 12.8 Å². The molecule has 0 heterocycles. The minimum absolute atomic E-state index is 0.0203. The van der Waals surface area contributed by atoms with Crippen LogP contribution in [0.15, 0.2) is 11.6 Å². The molecule has 0 spiro atoms. The quantitative estimate of drug-likeness (QED) is 0.769. The van der Waals surface area contributed by atoms with Crippen molar-refractivity contribution in [1.29, 1.82) is 0 Å². The summed E-state index contributed by atoms with van der Waals surface area (Å²) < 4.78 is 23.2. The fourth-order valence-corrected chi connectivity index (χ4v) is 3.10. The molecule has 3 nitrogen and oxygen atoms in total. The van der Waals surface area contributed by atoms with Crippen molar-refractivity contribution >= 4 is 9.84 Å². The number of rotatable bonds is 4. The van der Waals surface area contributed by atoms with Crippen molar-refractivity contribution in [2.75, 3.05) is 13.3 Å². The zero-order valence-electron chi connectivity index (χ0n) is 10.5. The highest BCUT2D eigenvalue weighted by Gasteiger charge is 2.27. The van der Waals surface area contributed by atoms with Crippen LogP contribution in [0.3, 0.4) is 0 Å². The Kier molecular flexibility index (Phi) is 4.99. The van der Waals surface area contributed by atoms with E-state index in [4.69, 9.17) is 0 Å². The monoisotopic (exact) mass is 245 g/mol. The normalized spacial score (nSPS) is 22.1. The fraction of sp³-hybridized carbons (Fsp3) is 0.833. The lowest BCUT2D eigenvalue weighted by Crippen LogP contribution is -2.41. The van der Waals surface area contributed by atoms with Crippen LogP contribution in [0.1, 0.15) is 39.0 Å². The van der Waals surface area contributed by atoms with Gasteiger partial charge in [-0.25, -0.2) is 8.42 Å². The van der Waals surface area contributed by atoms with Crippen LogP contribution < -0.4 is 5.32 Å². The topological polar surface area (TPSA) is 46.2 Å². The predicted molar refractivity (Wildman–Crippen MR) is 68.3 cm³/mol. The highest BCUT2D eigenvalue weighted by Crippen LogP contribution is 2.23. The van der Waals surface area contributed by atoms with Crippen LogP contribution in [0.25, 0.3) is 0 Å². The van der Waals surface area contributed by atoms with Gasteiger partial charge in [-0.2, -0.15) is 0 Å². The third kappa shape index (κ3) is 3.59. The summed E-state index contributed by atoms with van der Waals surface area (Å²) in [6.07, 6.45) is 9.34. The van der Waals surface area contributed by atoms with Crippen molar-refractivity contribution in [1.82, 2.24) is 5.32 Å². The van der Waals surface area contributed by atoms with Crippen molar-refractivity contribution in [3.63, 3.8) is 0 Å². The maximum atomic E-state index is 11.6. The molecule has 0 fully saturated rings. The first-order valence-corrected chi connectivity index (χ1v) is 7.97. The first kappa shape index (κ1) is 13.7. The van der Waals surface area contributed by atoms with Crippen molar-refractivity contribution in [2.24, 2.45) is 0 Å². The van der Waals surface area contributed by atoms with Crippen LogP contribution in [-0.2, 0) is 9.84 Å². The van der Waals surface area contributed by atoms with Crippen LogP contribution in [0, 0.1) is 0 Å². The largest absolute Gasteiger partial charge is 0.312 e. The highest BCUT2D eigenvalue weighted by molar-refractivity contribution is 7.91. The second-order valence-corrected chi connectivity index (χ2v) is 7.08. The molecule has 0 saturated heterocycles. The molecule has 1 aliphatic rings. The van der Waals surface area contributed by atoms with Gasteiger partial charge in [0.1, 0.15) is 0 Å². The molecule has 0 amide bonds. The van der Waals surface area contributed by atoms with E-state index in [1.165, 1.54) is 31.1 Å². The molecule has 94 valence electrons. The Morgan fingerprint density at radius 3 is 2.56 bits per heavy atom. The van der Waals surface area contributed by atoms with E-state index in [9.17, 15) is 8.42 Å². The Labute approximate surface area is 99.2 Å². The average Bonchev–Trinajstić information content (AvgIpc) is 2.46. The molecule has 16 heavy (non-hydrogen) atoms. The Morgan fingerprint density at radius 2 is 2.00 bits per heavy atom. The van der Waals surface area contributed by atoms with Gasteiger partial charge in [-0.15, -0.1) is 0 Å². The summed E-state index contributed by atoms with van der Waals surface area (Å²) in [6.45, 7) is 1.79. The van der Waals surface area contributed by atoms with Crippen molar-refractivity contribution in [3.8, 4) is 0 Å². The molecule has 4 heteroatoms. The summed E-state index contributed by atoms with van der Waals surface area (Å²) >= 11 is 0. The lowest BCUT2D eigenvalue weighted by molar-refractivity contribution is 0.543. The average molecular weight is 245 g/mol. The Hall–Kier alpha value is -0.350. The molecule has 1 N–H and O–H groups in total. The molecule has 0 aromatic carbocycles. The van der Waals surface area contributed by atoms with Crippen molar-refractivity contribution in [2.45, 2.75) is 50.3 Å². The Balaban J connectivity index is 2.84. The third-order valence-corrected chi connectivity index (χ3v) is 5.05. The van der Waals surface area contributed by atoms with Crippen molar-refractivity contribution in [3.05, 3.63) is 11.6 Å². The maximum absolute atomic E-state index is 11.6. The Morgan fingerprint density at radius 1 is 1.31 bits per heavy atom. The summed E-state index contributed by atoms with van der Waals surface area (Å²) in [4.78, 5) is 0. The van der Waals surface area contributed by atoms with Crippen LogP contribution in [0.5, 0.6) is 0 Å². The van der Waals surface area contributed by atoms with E-state index in [1.807, 2.05) is 7.05 Å². The molecule has 0 aromatic heterocycles. The van der Waals surface area contributed by atoms with E-state index in [-0.39, 0.29) is 11.3 Å². The lowest BCUT2D eigenvalue weighted by atomic mass is 10.00. The zero-order chi connectivity index (χ0) is 12.2. The van der Waals surface area contributed by atoms with Crippen molar-refractivity contribution < 1.29 is 8.42 Å². The number of hydrogen-bond acceptors (Lipinski definition) is 3. The van der Waals surface area contributed by atoms with Gasteiger partial charge in [0, 0.05) is 12.3 Å². The van der Waals surface area contributed by atoms with E-state index in [0.29, 0.717) is 0 Å². The summed E-state index contributed by atoms with van der Waals surface area (Å²) in [5, 5.41) is 2.81. The van der Waals surface area contributed by atoms with Gasteiger partial charge in [0.2, 0.25) is 0 Å². The lowest BCUT2D eigenvalue weighted by Gasteiger charge is -2.25. The summed E-state index contributed by atoms with van der Waals surface area (Å²) in [7, 11) is -1.13. The van der Waals surface area contributed by atoms with Gasteiger partial charge >= 0.3 is 0 Å². The van der Waals surface area contributed by atoms with Gasteiger partial charge in [0.25, 0.3) is 0 Å². The van der Waals surface area contributed by atoms with Gasteiger partial charge in [-0.1, -0.05) is 18.1 Å². The number of sulfone groups is 1.